The predicted octanol–water partition coefficient (Wildman–Crippen LogP) is 9.29. The first kappa shape index (κ1) is 30.3. The van der Waals surface area contributed by atoms with E-state index in [0.717, 1.165) is 85.7 Å². The molecule has 7 heterocycles. The second-order valence-corrected chi connectivity index (χ2v) is 16.3. The van der Waals surface area contributed by atoms with E-state index in [9.17, 15) is 4.79 Å². The number of aromatic nitrogens is 4. The van der Waals surface area contributed by atoms with Gasteiger partial charge in [0.15, 0.2) is 10.9 Å². The SMILES string of the molecule is CO[C@@H]1[C@H](N(C)c2ncc(-c3c[nH]c4ccc(Cl)cc34)s2)C[C@H]2O[C@]1(C)n1c3ccccc3c3c4c(c5c6cc(Br)ccc6n2c5c31)C(=O)NC4. The molecular weight excluding hydrogens is 748 g/mol. The minimum absolute atomic E-state index is 0.0356. The zero-order valence-electron chi connectivity index (χ0n) is 27.8. The number of fused-ring (bicyclic) bond motifs is 14. The standard InChI is InChI=1S/C39H30BrClN6O3S/c1-39-36(49-3)28(45(2)38-44-17-29(51-38)23-15-42-25-10-9-19(41)13-21(23)25)14-30(50-39)46-26-11-8-18(40)12-22(26)32-33-24(16-43-37(33)48)31-20-6-4-5-7-27(20)47(39)35(31)34(32)46/h4-13,15,17,28,30,36,42H,14,16H2,1-3H3,(H,43,48)/t28-,30-,36-,39+/m1/s1. The van der Waals surface area contributed by atoms with Gasteiger partial charge in [-0.05, 0) is 55.0 Å². The maximum atomic E-state index is 13.8. The zero-order chi connectivity index (χ0) is 34.5. The number of rotatable bonds is 4. The molecular formula is C39H30BrClN6O3S. The summed E-state index contributed by atoms with van der Waals surface area (Å²) in [4.78, 5) is 25.4. The van der Waals surface area contributed by atoms with Gasteiger partial charge in [0.25, 0.3) is 5.91 Å². The van der Waals surface area contributed by atoms with Crippen LogP contribution in [0.3, 0.4) is 0 Å². The fourth-order valence-electron chi connectivity index (χ4n) is 9.41. The molecule has 12 heteroatoms. The van der Waals surface area contributed by atoms with Gasteiger partial charge in [-0.2, -0.15) is 0 Å². The number of hydrogen-bond donors (Lipinski definition) is 2. The van der Waals surface area contributed by atoms with Gasteiger partial charge >= 0.3 is 0 Å². The Morgan fingerprint density at radius 2 is 1.94 bits per heavy atom. The molecule has 0 unspecified atom stereocenters. The minimum Gasteiger partial charge on any atom is -0.374 e. The van der Waals surface area contributed by atoms with Gasteiger partial charge in [0.2, 0.25) is 0 Å². The third kappa shape index (κ3) is 3.82. The lowest BCUT2D eigenvalue weighted by atomic mass is 9.92. The highest BCUT2D eigenvalue weighted by Crippen LogP contribution is 2.55. The number of benzene rings is 4. The number of carbonyl (C=O) groups excluding carboxylic acids is 1. The highest BCUT2D eigenvalue weighted by atomic mass is 79.9. The molecule has 0 spiro atoms. The van der Waals surface area contributed by atoms with Crippen LogP contribution in [0.2, 0.25) is 5.02 Å². The Kier molecular flexibility index (Phi) is 6.15. The number of amides is 1. The first-order valence-corrected chi connectivity index (χ1v) is 18.9. The lowest BCUT2D eigenvalue weighted by Crippen LogP contribution is -2.60. The number of hydrogen-bond acceptors (Lipinski definition) is 6. The van der Waals surface area contributed by atoms with Gasteiger partial charge in [-0.1, -0.05) is 57.1 Å². The van der Waals surface area contributed by atoms with Crippen LogP contribution in [-0.4, -0.2) is 51.3 Å². The summed E-state index contributed by atoms with van der Waals surface area (Å²) in [6.45, 7) is 2.64. The van der Waals surface area contributed by atoms with Gasteiger partial charge in [0, 0.05) is 87.0 Å². The van der Waals surface area contributed by atoms with Crippen LogP contribution in [0.5, 0.6) is 0 Å². The molecule has 8 aromatic rings. The summed E-state index contributed by atoms with van der Waals surface area (Å²) < 4.78 is 19.6. The van der Waals surface area contributed by atoms with Crippen LogP contribution in [-0.2, 0) is 21.7 Å². The van der Waals surface area contributed by atoms with E-state index in [0.29, 0.717) is 18.0 Å². The summed E-state index contributed by atoms with van der Waals surface area (Å²) in [5, 5.41) is 10.0. The number of halogens is 2. The Bertz CT molecular complexity index is 2840. The summed E-state index contributed by atoms with van der Waals surface area (Å²) in [5.41, 5.74) is 7.13. The highest BCUT2D eigenvalue weighted by molar-refractivity contribution is 9.10. The quantitative estimate of drug-likeness (QED) is 0.186. The third-order valence-corrected chi connectivity index (χ3v) is 13.3. The van der Waals surface area contributed by atoms with E-state index in [1.807, 2.05) is 30.6 Å². The van der Waals surface area contributed by atoms with E-state index in [-0.39, 0.29) is 24.3 Å². The molecule has 4 aromatic carbocycles. The molecule has 254 valence electrons. The number of anilines is 1. The predicted molar refractivity (Wildman–Crippen MR) is 207 cm³/mol. The Balaban J connectivity index is 1.17. The topological polar surface area (TPSA) is 89.3 Å². The summed E-state index contributed by atoms with van der Waals surface area (Å²) in [6.07, 6.45) is 3.85. The fraction of sp³-hybridized carbons (Fsp3) is 0.231. The molecule has 9 nitrogen and oxygen atoms in total. The van der Waals surface area contributed by atoms with Crippen LogP contribution in [0.1, 0.15) is 35.5 Å². The average Bonchev–Trinajstić information content (AvgIpc) is 3.94. The molecule has 0 radical (unpaired) electrons. The van der Waals surface area contributed by atoms with Crippen LogP contribution >= 0.6 is 38.9 Å². The second-order valence-electron chi connectivity index (χ2n) is 14.0. The van der Waals surface area contributed by atoms with E-state index in [1.54, 1.807) is 18.4 Å². The van der Waals surface area contributed by atoms with Gasteiger partial charge < -0.3 is 33.8 Å². The summed E-state index contributed by atoms with van der Waals surface area (Å²) in [7, 11) is 3.90. The molecule has 3 aliphatic rings. The second kappa shape index (κ2) is 10.4. The van der Waals surface area contributed by atoms with Gasteiger partial charge in [-0.3, -0.25) is 4.79 Å². The van der Waals surface area contributed by atoms with E-state index in [1.165, 1.54) is 0 Å². The first-order chi connectivity index (χ1) is 24.8. The third-order valence-electron chi connectivity index (χ3n) is 11.5. The van der Waals surface area contributed by atoms with Crippen LogP contribution in [0.15, 0.2) is 77.5 Å². The number of H-pyrrole nitrogens is 1. The maximum absolute atomic E-state index is 13.8. The monoisotopic (exact) mass is 776 g/mol. The molecule has 3 aliphatic heterocycles. The highest BCUT2D eigenvalue weighted by Gasteiger charge is 2.54. The van der Waals surface area contributed by atoms with Crippen molar-refractivity contribution < 1.29 is 14.3 Å². The number of likely N-dealkylation sites (N-methyl/N-ethyl adjacent to an activating group) is 1. The molecule has 1 fully saturated rings. The molecule has 1 amide bonds. The van der Waals surface area contributed by atoms with Crippen LogP contribution in [0.4, 0.5) is 5.13 Å². The van der Waals surface area contributed by atoms with Gasteiger partial charge in [-0.15, -0.1) is 0 Å². The molecule has 4 aromatic heterocycles. The van der Waals surface area contributed by atoms with E-state index < -0.39 is 5.72 Å². The number of ether oxygens (including phenoxy) is 2. The fourth-order valence-corrected chi connectivity index (χ4v) is 10.9. The van der Waals surface area contributed by atoms with Crippen molar-refractivity contribution in [1.82, 2.24) is 24.4 Å². The molecule has 2 bridgehead atoms. The normalized spacial score (nSPS) is 22.5. The Morgan fingerprint density at radius 3 is 2.80 bits per heavy atom. The van der Waals surface area contributed by atoms with E-state index in [2.05, 4.69) is 96.7 Å². The molecule has 2 N–H and O–H groups in total. The Labute approximate surface area is 308 Å². The molecule has 11 rings (SSSR count). The number of nitrogens with zero attached hydrogens (tertiary/aromatic N) is 4. The Hall–Kier alpha value is -4.39. The number of methoxy groups -OCH3 is 1. The summed E-state index contributed by atoms with van der Waals surface area (Å²) in [6, 6.07) is 20.6. The van der Waals surface area contributed by atoms with Crippen molar-refractivity contribution in [3.63, 3.8) is 0 Å². The lowest BCUT2D eigenvalue weighted by Gasteiger charge is -2.50. The van der Waals surface area contributed by atoms with Crippen molar-refractivity contribution in [2.45, 2.75) is 44.0 Å². The largest absolute Gasteiger partial charge is 0.374 e. The number of carbonyl (C=O) groups is 1. The van der Waals surface area contributed by atoms with Crippen LogP contribution in [0.25, 0.3) is 65.0 Å². The van der Waals surface area contributed by atoms with Crippen molar-refractivity contribution >= 4 is 104 Å². The molecule has 0 aliphatic carbocycles. The zero-order valence-corrected chi connectivity index (χ0v) is 30.9. The van der Waals surface area contributed by atoms with Crippen molar-refractivity contribution in [3.8, 4) is 10.4 Å². The van der Waals surface area contributed by atoms with Crippen molar-refractivity contribution in [2.24, 2.45) is 0 Å². The molecule has 51 heavy (non-hydrogen) atoms. The number of aromatic amines is 1. The van der Waals surface area contributed by atoms with E-state index >= 15 is 0 Å². The van der Waals surface area contributed by atoms with Gasteiger partial charge in [0.05, 0.1) is 38.5 Å². The smallest absolute Gasteiger partial charge is 0.252 e. The van der Waals surface area contributed by atoms with Gasteiger partial charge in [-0.25, -0.2) is 4.98 Å². The van der Waals surface area contributed by atoms with Gasteiger partial charge in [0.1, 0.15) is 12.3 Å². The molecule has 0 saturated carbocycles. The maximum Gasteiger partial charge on any atom is 0.252 e. The van der Waals surface area contributed by atoms with Crippen molar-refractivity contribution in [3.05, 3.63) is 93.7 Å². The van der Waals surface area contributed by atoms with Crippen LogP contribution < -0.4 is 10.2 Å². The van der Waals surface area contributed by atoms with Crippen LogP contribution in [0, 0.1) is 0 Å². The minimum atomic E-state index is -0.927. The first-order valence-electron chi connectivity index (χ1n) is 16.9. The lowest BCUT2D eigenvalue weighted by molar-refractivity contribution is -0.253. The molecule has 1 saturated heterocycles. The summed E-state index contributed by atoms with van der Waals surface area (Å²) >= 11 is 11.8. The average molecular weight is 778 g/mol. The summed E-state index contributed by atoms with van der Waals surface area (Å²) in [5.74, 6) is -0.0356. The van der Waals surface area contributed by atoms with Crippen molar-refractivity contribution in [2.75, 3.05) is 19.1 Å². The molecule has 4 atom stereocenters. The van der Waals surface area contributed by atoms with E-state index in [4.69, 9.17) is 26.1 Å². The number of nitrogens with one attached hydrogen (secondary N) is 2. The Morgan fingerprint density at radius 1 is 1.08 bits per heavy atom. The van der Waals surface area contributed by atoms with Crippen molar-refractivity contribution in [1.29, 1.82) is 0 Å². The number of thiazole rings is 1. The number of para-hydroxylation sites is 1.